The summed E-state index contributed by atoms with van der Waals surface area (Å²) in [6.07, 6.45) is 3.16. The number of amides is 1. The zero-order valence-corrected chi connectivity index (χ0v) is 15.6. The molecule has 1 saturated heterocycles. The quantitative estimate of drug-likeness (QED) is 0.689. The second kappa shape index (κ2) is 8.05. The summed E-state index contributed by atoms with van der Waals surface area (Å²) < 4.78 is 5.06. The maximum absolute atomic E-state index is 12.2. The zero-order valence-electron chi connectivity index (χ0n) is 15.6. The average molecular weight is 392 g/mol. The van der Waals surface area contributed by atoms with Crippen molar-refractivity contribution < 1.29 is 19.1 Å². The number of pyridine rings is 1. The number of carbonyl (C=O) groups excluding carboxylic acids is 1. The minimum atomic E-state index is -1.10. The van der Waals surface area contributed by atoms with Crippen LogP contribution in [-0.4, -0.2) is 48.1 Å². The van der Waals surface area contributed by atoms with E-state index in [0.717, 1.165) is 37.7 Å². The molecular weight excluding hydrogens is 372 g/mol. The number of carboxylic acid groups (broad SMARTS) is 1. The van der Waals surface area contributed by atoms with Crippen LogP contribution in [0.2, 0.25) is 0 Å². The smallest absolute Gasteiger partial charge is 0.337 e. The molecule has 3 heterocycles. The van der Waals surface area contributed by atoms with E-state index in [2.05, 4.69) is 20.1 Å². The molecule has 1 aliphatic rings. The molecule has 1 amide bonds. The van der Waals surface area contributed by atoms with Gasteiger partial charge in [-0.25, -0.2) is 9.78 Å². The number of aromatic nitrogens is 1. The lowest BCUT2D eigenvalue weighted by Crippen LogP contribution is -2.46. The summed E-state index contributed by atoms with van der Waals surface area (Å²) in [5, 5.41) is 12.2. The van der Waals surface area contributed by atoms with Gasteiger partial charge in [0.15, 0.2) is 5.76 Å². The van der Waals surface area contributed by atoms with E-state index < -0.39 is 11.9 Å². The predicted octanol–water partition coefficient (Wildman–Crippen LogP) is 2.95. The van der Waals surface area contributed by atoms with E-state index in [1.807, 2.05) is 24.3 Å². The molecule has 0 unspecified atom stereocenters. The zero-order chi connectivity index (χ0) is 20.2. The lowest BCUT2D eigenvalue weighted by Gasteiger charge is -2.36. The highest BCUT2D eigenvalue weighted by Gasteiger charge is 2.21. The van der Waals surface area contributed by atoms with Gasteiger partial charge in [0, 0.05) is 38.1 Å². The van der Waals surface area contributed by atoms with Crippen LogP contribution >= 0.6 is 0 Å². The summed E-state index contributed by atoms with van der Waals surface area (Å²) in [4.78, 5) is 32.6. The van der Waals surface area contributed by atoms with Crippen molar-refractivity contribution in [3.05, 3.63) is 72.3 Å². The van der Waals surface area contributed by atoms with Crippen LogP contribution in [0.3, 0.4) is 0 Å². The Labute approximate surface area is 167 Å². The SMILES string of the molecule is O=C(Nc1ccc(N2CCN(c3ccccn3)CC2)cc1C(=O)O)c1ccco1. The largest absolute Gasteiger partial charge is 0.478 e. The van der Waals surface area contributed by atoms with Crippen molar-refractivity contribution in [2.45, 2.75) is 0 Å². The molecule has 1 aromatic carbocycles. The van der Waals surface area contributed by atoms with Gasteiger partial charge in [0.05, 0.1) is 17.5 Å². The molecule has 8 heteroatoms. The van der Waals surface area contributed by atoms with Crippen LogP contribution in [0.15, 0.2) is 65.4 Å². The lowest BCUT2D eigenvalue weighted by molar-refractivity contribution is 0.0698. The first-order valence-electron chi connectivity index (χ1n) is 9.25. The molecule has 0 aliphatic carbocycles. The molecule has 8 nitrogen and oxygen atoms in total. The molecule has 1 aliphatic heterocycles. The Morgan fingerprint density at radius 1 is 1.00 bits per heavy atom. The van der Waals surface area contributed by atoms with Gasteiger partial charge in [-0.05, 0) is 42.5 Å². The van der Waals surface area contributed by atoms with E-state index in [1.165, 1.54) is 12.3 Å². The number of rotatable bonds is 5. The fraction of sp³-hybridized carbons (Fsp3) is 0.190. The first kappa shape index (κ1) is 18.5. The molecule has 0 spiro atoms. The highest BCUT2D eigenvalue weighted by molar-refractivity contribution is 6.06. The Bertz CT molecular complexity index is 997. The number of nitrogens with zero attached hydrogens (tertiary/aromatic N) is 3. The summed E-state index contributed by atoms with van der Waals surface area (Å²) >= 11 is 0. The van der Waals surface area contributed by atoms with Gasteiger partial charge in [0.2, 0.25) is 0 Å². The molecular formula is C21H20N4O4. The minimum Gasteiger partial charge on any atom is -0.478 e. The summed E-state index contributed by atoms with van der Waals surface area (Å²) in [7, 11) is 0. The summed E-state index contributed by atoms with van der Waals surface area (Å²) in [6, 6.07) is 14.0. The number of aromatic carboxylic acids is 1. The third kappa shape index (κ3) is 4.06. The Morgan fingerprint density at radius 2 is 1.79 bits per heavy atom. The van der Waals surface area contributed by atoms with Crippen molar-refractivity contribution in [1.29, 1.82) is 0 Å². The summed E-state index contributed by atoms with van der Waals surface area (Å²) in [6.45, 7) is 3.06. The van der Waals surface area contributed by atoms with Crippen LogP contribution in [0.4, 0.5) is 17.2 Å². The van der Waals surface area contributed by atoms with E-state index in [9.17, 15) is 14.7 Å². The fourth-order valence-corrected chi connectivity index (χ4v) is 3.34. The molecule has 4 rings (SSSR count). The molecule has 3 aromatic rings. The van der Waals surface area contributed by atoms with Gasteiger partial charge in [-0.15, -0.1) is 0 Å². The number of anilines is 3. The van der Waals surface area contributed by atoms with E-state index in [1.54, 1.807) is 24.4 Å². The molecule has 148 valence electrons. The van der Waals surface area contributed by atoms with Gasteiger partial charge in [0.1, 0.15) is 5.82 Å². The van der Waals surface area contributed by atoms with E-state index in [-0.39, 0.29) is 17.0 Å². The number of carbonyl (C=O) groups is 2. The van der Waals surface area contributed by atoms with Gasteiger partial charge in [-0.2, -0.15) is 0 Å². The molecule has 2 N–H and O–H groups in total. The molecule has 0 atom stereocenters. The van der Waals surface area contributed by atoms with Gasteiger partial charge in [0.25, 0.3) is 5.91 Å². The van der Waals surface area contributed by atoms with Crippen LogP contribution in [0.5, 0.6) is 0 Å². The van der Waals surface area contributed by atoms with Crippen molar-refractivity contribution in [2.24, 2.45) is 0 Å². The Balaban J connectivity index is 1.48. The van der Waals surface area contributed by atoms with Crippen molar-refractivity contribution in [3.63, 3.8) is 0 Å². The lowest BCUT2D eigenvalue weighted by atomic mass is 10.1. The molecule has 1 fully saturated rings. The van der Waals surface area contributed by atoms with Crippen LogP contribution in [0, 0.1) is 0 Å². The van der Waals surface area contributed by atoms with E-state index in [4.69, 9.17) is 4.42 Å². The van der Waals surface area contributed by atoms with E-state index >= 15 is 0 Å². The Kier molecular flexibility index (Phi) is 5.15. The molecule has 29 heavy (non-hydrogen) atoms. The fourth-order valence-electron chi connectivity index (χ4n) is 3.34. The van der Waals surface area contributed by atoms with Crippen molar-refractivity contribution in [3.8, 4) is 0 Å². The average Bonchev–Trinajstić information content (AvgIpc) is 3.30. The second-order valence-electron chi connectivity index (χ2n) is 6.63. The molecule has 2 aromatic heterocycles. The minimum absolute atomic E-state index is 0.0366. The van der Waals surface area contributed by atoms with E-state index in [0.29, 0.717) is 0 Å². The molecule has 0 bridgehead atoms. The van der Waals surface area contributed by atoms with Gasteiger partial charge >= 0.3 is 5.97 Å². The van der Waals surface area contributed by atoms with Gasteiger partial charge < -0.3 is 24.6 Å². The van der Waals surface area contributed by atoms with Crippen molar-refractivity contribution in [1.82, 2.24) is 4.98 Å². The topological polar surface area (TPSA) is 98.9 Å². The molecule has 0 radical (unpaired) electrons. The van der Waals surface area contributed by atoms with Crippen LogP contribution in [0.25, 0.3) is 0 Å². The third-order valence-corrected chi connectivity index (χ3v) is 4.84. The van der Waals surface area contributed by atoms with Crippen LogP contribution < -0.4 is 15.1 Å². The Hall–Kier alpha value is -3.81. The summed E-state index contributed by atoms with van der Waals surface area (Å²) in [5.74, 6) is -0.534. The predicted molar refractivity (Wildman–Crippen MR) is 109 cm³/mol. The number of carboxylic acids is 1. The first-order valence-corrected chi connectivity index (χ1v) is 9.25. The standard InChI is InChI=1S/C21H20N4O4/c26-20(18-4-3-13-29-18)23-17-7-6-15(14-16(17)21(27)28)24-9-11-25(12-10-24)19-5-1-2-8-22-19/h1-8,13-14H,9-12H2,(H,23,26)(H,27,28). The number of nitrogens with one attached hydrogen (secondary N) is 1. The number of hydrogen-bond acceptors (Lipinski definition) is 6. The van der Waals surface area contributed by atoms with Crippen LogP contribution in [-0.2, 0) is 0 Å². The van der Waals surface area contributed by atoms with Crippen molar-refractivity contribution in [2.75, 3.05) is 41.3 Å². The number of furan rings is 1. The summed E-state index contributed by atoms with van der Waals surface area (Å²) in [5.41, 5.74) is 1.07. The number of benzene rings is 1. The second-order valence-corrected chi connectivity index (χ2v) is 6.63. The van der Waals surface area contributed by atoms with Gasteiger partial charge in [-0.1, -0.05) is 6.07 Å². The monoisotopic (exact) mass is 392 g/mol. The van der Waals surface area contributed by atoms with Crippen molar-refractivity contribution >= 4 is 29.1 Å². The maximum Gasteiger partial charge on any atom is 0.337 e. The third-order valence-electron chi connectivity index (χ3n) is 4.84. The first-order chi connectivity index (χ1) is 14.1. The highest BCUT2D eigenvalue weighted by Crippen LogP contribution is 2.26. The number of piperazine rings is 1. The Morgan fingerprint density at radius 3 is 2.45 bits per heavy atom. The normalized spacial score (nSPS) is 13.9. The molecule has 0 saturated carbocycles. The number of hydrogen-bond donors (Lipinski definition) is 2. The maximum atomic E-state index is 12.2. The highest BCUT2D eigenvalue weighted by atomic mass is 16.4. The van der Waals surface area contributed by atoms with Crippen LogP contribution in [0.1, 0.15) is 20.9 Å². The van der Waals surface area contributed by atoms with Gasteiger partial charge in [-0.3, -0.25) is 4.79 Å².